The minimum Gasteiger partial charge on any atom is -0.341 e. The molecule has 96 valence electrons. The summed E-state index contributed by atoms with van der Waals surface area (Å²) in [5.41, 5.74) is 0. The molecule has 2 rings (SSSR count). The molecule has 2 fully saturated rings. The highest BCUT2D eigenvalue weighted by Gasteiger charge is 2.28. The van der Waals surface area contributed by atoms with E-state index >= 15 is 0 Å². The Bertz CT molecular complexity index is 292. The van der Waals surface area contributed by atoms with Crippen LogP contribution in [0, 0.1) is 0 Å². The van der Waals surface area contributed by atoms with Gasteiger partial charge in [-0.15, -0.1) is 0 Å². The van der Waals surface area contributed by atoms with Crippen LogP contribution in [0.25, 0.3) is 0 Å². The van der Waals surface area contributed by atoms with Crippen LogP contribution < -0.4 is 0 Å². The summed E-state index contributed by atoms with van der Waals surface area (Å²) in [6.07, 6.45) is 6.71. The summed E-state index contributed by atoms with van der Waals surface area (Å²) in [5.74, 6) is 0.175. The maximum Gasteiger partial charge on any atom is 0.242 e. The Morgan fingerprint density at radius 3 is 2.24 bits per heavy atom. The van der Waals surface area contributed by atoms with E-state index in [4.69, 9.17) is 0 Å². The van der Waals surface area contributed by atoms with Gasteiger partial charge in [-0.05, 0) is 25.7 Å². The maximum absolute atomic E-state index is 12.0. The number of likely N-dealkylation sites (tertiary alicyclic amines) is 1. The van der Waals surface area contributed by atoms with Gasteiger partial charge in [0.1, 0.15) is 0 Å². The number of rotatable bonds is 3. The molecule has 0 atom stereocenters. The summed E-state index contributed by atoms with van der Waals surface area (Å²) in [4.78, 5) is 27.4. The average molecular weight is 238 g/mol. The monoisotopic (exact) mass is 238 g/mol. The minimum atomic E-state index is 0.0458. The van der Waals surface area contributed by atoms with Gasteiger partial charge >= 0.3 is 0 Å². The van der Waals surface area contributed by atoms with Crippen LogP contribution in [0.1, 0.15) is 45.4 Å². The van der Waals surface area contributed by atoms with Crippen molar-refractivity contribution in [1.82, 2.24) is 9.80 Å². The Kier molecular flexibility index (Phi) is 4.02. The number of nitrogens with zero attached hydrogens (tertiary/aromatic N) is 2. The Morgan fingerprint density at radius 2 is 1.71 bits per heavy atom. The molecule has 1 aliphatic heterocycles. The fourth-order valence-corrected chi connectivity index (χ4v) is 2.93. The van der Waals surface area contributed by atoms with E-state index in [1.54, 1.807) is 11.8 Å². The van der Waals surface area contributed by atoms with Gasteiger partial charge in [-0.1, -0.05) is 12.8 Å². The smallest absolute Gasteiger partial charge is 0.242 e. The molecule has 4 nitrogen and oxygen atoms in total. The van der Waals surface area contributed by atoms with E-state index in [1.807, 2.05) is 4.90 Å². The molecule has 4 heteroatoms. The Labute approximate surface area is 103 Å². The van der Waals surface area contributed by atoms with Crippen molar-refractivity contribution in [2.75, 3.05) is 19.6 Å². The summed E-state index contributed by atoms with van der Waals surface area (Å²) in [6, 6.07) is 0.305. The molecule has 0 aromatic carbocycles. The predicted octanol–water partition coefficient (Wildman–Crippen LogP) is 1.40. The van der Waals surface area contributed by atoms with Gasteiger partial charge in [0.05, 0.1) is 6.54 Å². The van der Waals surface area contributed by atoms with Crippen LogP contribution in [-0.2, 0) is 9.59 Å². The minimum absolute atomic E-state index is 0.0458. The van der Waals surface area contributed by atoms with Gasteiger partial charge in [0.2, 0.25) is 11.8 Å². The zero-order valence-electron chi connectivity index (χ0n) is 10.7. The lowest BCUT2D eigenvalue weighted by Crippen LogP contribution is -2.45. The molecule has 0 aromatic rings. The van der Waals surface area contributed by atoms with Gasteiger partial charge in [0, 0.05) is 26.1 Å². The first-order chi connectivity index (χ1) is 8.18. The molecular weight excluding hydrogens is 216 g/mol. The SMILES string of the molecule is CC(=O)N(CC(=O)N1CCCC1)C1CCCC1. The van der Waals surface area contributed by atoms with E-state index in [1.165, 1.54) is 12.8 Å². The first kappa shape index (κ1) is 12.4. The molecule has 0 aromatic heterocycles. The molecule has 0 bridgehead atoms. The number of carbonyl (C=O) groups excluding carboxylic acids is 2. The largest absolute Gasteiger partial charge is 0.341 e. The van der Waals surface area contributed by atoms with Crippen LogP contribution in [0.2, 0.25) is 0 Å². The van der Waals surface area contributed by atoms with Crippen molar-refractivity contribution >= 4 is 11.8 Å². The summed E-state index contributed by atoms with van der Waals surface area (Å²) >= 11 is 0. The second-order valence-electron chi connectivity index (χ2n) is 5.17. The number of hydrogen-bond acceptors (Lipinski definition) is 2. The highest BCUT2D eigenvalue weighted by molar-refractivity contribution is 5.84. The molecule has 0 radical (unpaired) electrons. The van der Waals surface area contributed by atoms with E-state index in [0.29, 0.717) is 12.6 Å². The zero-order chi connectivity index (χ0) is 12.3. The highest BCUT2D eigenvalue weighted by atomic mass is 16.2. The van der Waals surface area contributed by atoms with Gasteiger partial charge in [-0.2, -0.15) is 0 Å². The summed E-state index contributed by atoms with van der Waals surface area (Å²) in [7, 11) is 0. The molecule has 0 spiro atoms. The number of amides is 2. The highest BCUT2D eigenvalue weighted by Crippen LogP contribution is 2.23. The van der Waals surface area contributed by atoms with Crippen LogP contribution >= 0.6 is 0 Å². The second kappa shape index (κ2) is 5.52. The van der Waals surface area contributed by atoms with Gasteiger partial charge in [0.15, 0.2) is 0 Å². The number of carbonyl (C=O) groups is 2. The first-order valence-electron chi connectivity index (χ1n) is 6.73. The van der Waals surface area contributed by atoms with Crippen LogP contribution in [0.3, 0.4) is 0 Å². The average Bonchev–Trinajstić information content (AvgIpc) is 2.97. The first-order valence-corrected chi connectivity index (χ1v) is 6.73. The topological polar surface area (TPSA) is 40.6 Å². The second-order valence-corrected chi connectivity index (χ2v) is 5.17. The maximum atomic E-state index is 12.0. The van der Waals surface area contributed by atoms with Crippen molar-refractivity contribution in [3.05, 3.63) is 0 Å². The Morgan fingerprint density at radius 1 is 1.12 bits per heavy atom. The quantitative estimate of drug-likeness (QED) is 0.745. The van der Waals surface area contributed by atoms with Crippen molar-refractivity contribution in [2.45, 2.75) is 51.5 Å². The van der Waals surface area contributed by atoms with Gasteiger partial charge in [-0.3, -0.25) is 9.59 Å². The third-order valence-electron chi connectivity index (χ3n) is 3.93. The zero-order valence-corrected chi connectivity index (χ0v) is 10.7. The summed E-state index contributed by atoms with van der Waals surface area (Å²) < 4.78 is 0. The van der Waals surface area contributed by atoms with Crippen LogP contribution in [0.5, 0.6) is 0 Å². The third kappa shape index (κ3) is 2.99. The van der Waals surface area contributed by atoms with Crippen LogP contribution in [0.15, 0.2) is 0 Å². The Hall–Kier alpha value is -1.06. The van der Waals surface area contributed by atoms with E-state index < -0.39 is 0 Å². The van der Waals surface area contributed by atoms with Crippen LogP contribution in [-0.4, -0.2) is 47.3 Å². The fourth-order valence-electron chi connectivity index (χ4n) is 2.93. The lowest BCUT2D eigenvalue weighted by atomic mass is 10.2. The van der Waals surface area contributed by atoms with Crippen molar-refractivity contribution < 1.29 is 9.59 Å². The molecular formula is C13H22N2O2. The van der Waals surface area contributed by atoms with E-state index in [9.17, 15) is 9.59 Å². The fraction of sp³-hybridized carbons (Fsp3) is 0.846. The van der Waals surface area contributed by atoms with Crippen molar-refractivity contribution in [3.8, 4) is 0 Å². The van der Waals surface area contributed by atoms with Gasteiger partial charge in [0.25, 0.3) is 0 Å². The third-order valence-corrected chi connectivity index (χ3v) is 3.93. The standard InChI is InChI=1S/C13H22N2O2/c1-11(16)15(12-6-2-3-7-12)10-13(17)14-8-4-5-9-14/h12H,2-10H2,1H3. The molecule has 1 heterocycles. The van der Waals surface area contributed by atoms with Crippen molar-refractivity contribution in [1.29, 1.82) is 0 Å². The molecule has 1 saturated carbocycles. The van der Waals surface area contributed by atoms with E-state index in [2.05, 4.69) is 0 Å². The molecule has 0 unspecified atom stereocenters. The predicted molar refractivity (Wildman–Crippen MR) is 65.5 cm³/mol. The van der Waals surface area contributed by atoms with Crippen molar-refractivity contribution in [2.24, 2.45) is 0 Å². The molecule has 1 saturated heterocycles. The van der Waals surface area contributed by atoms with E-state index in [0.717, 1.165) is 38.8 Å². The van der Waals surface area contributed by atoms with Gasteiger partial charge < -0.3 is 9.80 Å². The van der Waals surface area contributed by atoms with E-state index in [-0.39, 0.29) is 11.8 Å². The summed E-state index contributed by atoms with van der Waals surface area (Å²) in [6.45, 7) is 3.61. The molecule has 1 aliphatic carbocycles. The molecule has 0 N–H and O–H groups in total. The van der Waals surface area contributed by atoms with Crippen LogP contribution in [0.4, 0.5) is 0 Å². The molecule has 2 aliphatic rings. The van der Waals surface area contributed by atoms with Gasteiger partial charge in [-0.25, -0.2) is 0 Å². The molecule has 2 amide bonds. The molecule has 17 heavy (non-hydrogen) atoms. The summed E-state index contributed by atoms with van der Waals surface area (Å²) in [5, 5.41) is 0. The normalized spacial score (nSPS) is 20.9. The lowest BCUT2D eigenvalue weighted by molar-refractivity contribution is -0.140. The lowest BCUT2D eigenvalue weighted by Gasteiger charge is -2.29. The number of hydrogen-bond donors (Lipinski definition) is 0. The Balaban J connectivity index is 1.92. The van der Waals surface area contributed by atoms with Crippen molar-refractivity contribution in [3.63, 3.8) is 0 Å².